The molecule has 2 aliphatic rings. The second-order valence-corrected chi connectivity index (χ2v) is 13.0. The van der Waals surface area contributed by atoms with Crippen LogP contribution in [0, 0.1) is 6.92 Å². The highest BCUT2D eigenvalue weighted by Gasteiger charge is 2.42. The van der Waals surface area contributed by atoms with E-state index in [9.17, 15) is 0 Å². The maximum Gasteiger partial charge on any atom is 0.333 e. The highest BCUT2D eigenvalue weighted by atomic mass is 32.2. The van der Waals surface area contributed by atoms with Crippen LogP contribution < -0.4 is 10.9 Å². The third-order valence-electron chi connectivity index (χ3n) is 10.00. The fourth-order valence-electron chi connectivity index (χ4n) is 8.47. The van der Waals surface area contributed by atoms with Crippen LogP contribution in [-0.4, -0.2) is 22.1 Å². The smallest absolute Gasteiger partial charge is 0.333 e. The molecule has 0 fully saturated rings. The first kappa shape index (κ1) is 22.7. The van der Waals surface area contributed by atoms with Crippen molar-refractivity contribution < 1.29 is 4.42 Å². The van der Waals surface area contributed by atoms with Gasteiger partial charge in [-0.25, -0.2) is 0 Å². The average molecular weight is 566 g/mol. The van der Waals surface area contributed by atoms with Crippen LogP contribution in [0.15, 0.2) is 112 Å². The number of benzene rings is 6. The van der Waals surface area contributed by atoms with Gasteiger partial charge in [-0.15, -0.1) is 11.8 Å². The number of aryl methyl sites for hydroxylation is 1. The zero-order chi connectivity index (χ0) is 28.1. The van der Waals surface area contributed by atoms with Crippen molar-refractivity contribution in [3.8, 4) is 16.8 Å². The van der Waals surface area contributed by atoms with Crippen molar-refractivity contribution in [1.29, 1.82) is 0 Å². The second-order valence-electron chi connectivity index (χ2n) is 12.1. The first-order chi connectivity index (χ1) is 21.2. The molecule has 0 unspecified atom stereocenters. The number of hydrogen-bond donors (Lipinski definition) is 0. The van der Waals surface area contributed by atoms with Gasteiger partial charge in [0.2, 0.25) is 0 Å². The molecular formula is C38H23BN2OS. The minimum absolute atomic E-state index is 0.0413. The molecule has 11 rings (SSSR count). The van der Waals surface area contributed by atoms with Gasteiger partial charge < -0.3 is 13.5 Å². The Balaban J connectivity index is 1.47. The molecule has 0 spiro atoms. The van der Waals surface area contributed by atoms with Gasteiger partial charge in [0.15, 0.2) is 0 Å². The van der Waals surface area contributed by atoms with Crippen LogP contribution >= 0.6 is 11.8 Å². The predicted octanol–water partition coefficient (Wildman–Crippen LogP) is 8.77. The zero-order valence-electron chi connectivity index (χ0n) is 23.6. The van der Waals surface area contributed by atoms with Gasteiger partial charge >= 0.3 is 6.85 Å². The van der Waals surface area contributed by atoms with E-state index in [0.29, 0.717) is 0 Å². The summed E-state index contributed by atoms with van der Waals surface area (Å²) >= 11 is 1.80. The molecule has 9 aromatic rings. The lowest BCUT2D eigenvalue weighted by molar-refractivity contribution is 0.669. The molecule has 2 aliphatic heterocycles. The van der Waals surface area contributed by atoms with E-state index in [0.717, 1.165) is 11.2 Å². The van der Waals surface area contributed by atoms with E-state index in [1.165, 1.54) is 92.6 Å². The number of rotatable bonds is 1. The molecule has 6 aromatic carbocycles. The predicted molar refractivity (Wildman–Crippen MR) is 183 cm³/mol. The van der Waals surface area contributed by atoms with Crippen LogP contribution in [0.3, 0.4) is 0 Å². The standard InChI is InChI=1S/C38H23BN2OS/c1-20-16-27-26-18-21(43-2)14-15-29(26)40-31-19-33-34(24-9-4-6-13-32(24)42-33)35-25-11-7-10-23-22-8-3-5-12-30(22)41(37(23)25)39(36(31)35)28(17-20)38(27)40/h3-19H,1-2H3. The third kappa shape index (κ3) is 2.55. The first-order valence-corrected chi connectivity index (χ1v) is 16.1. The van der Waals surface area contributed by atoms with Crippen molar-refractivity contribution in [1.82, 2.24) is 9.05 Å². The number of furan rings is 1. The summed E-state index contributed by atoms with van der Waals surface area (Å²) in [5, 5.41) is 7.65. The van der Waals surface area contributed by atoms with E-state index in [1.54, 1.807) is 11.8 Å². The Morgan fingerprint density at radius 1 is 0.674 bits per heavy atom. The van der Waals surface area contributed by atoms with Crippen molar-refractivity contribution in [3.05, 3.63) is 109 Å². The maximum atomic E-state index is 6.67. The van der Waals surface area contributed by atoms with Gasteiger partial charge in [-0.1, -0.05) is 66.2 Å². The number of hydrogen-bond acceptors (Lipinski definition) is 2. The molecule has 5 heterocycles. The molecule has 200 valence electrons. The summed E-state index contributed by atoms with van der Waals surface area (Å²) in [6.45, 7) is 2.29. The van der Waals surface area contributed by atoms with Gasteiger partial charge in [-0.3, -0.25) is 0 Å². The van der Waals surface area contributed by atoms with Gasteiger partial charge in [0, 0.05) is 65.6 Å². The van der Waals surface area contributed by atoms with Crippen LogP contribution in [-0.2, 0) is 0 Å². The van der Waals surface area contributed by atoms with Crippen molar-refractivity contribution in [2.75, 3.05) is 6.26 Å². The topological polar surface area (TPSA) is 23.0 Å². The SMILES string of the molecule is CSc1ccc2c(c1)c1cc(C)cc3c1n2-c1cc2oc4ccccc4c2c2c1B3n1c3ccccc3c3cccc-2c31. The lowest BCUT2D eigenvalue weighted by atomic mass is 9.45. The summed E-state index contributed by atoms with van der Waals surface area (Å²) < 4.78 is 11.8. The third-order valence-corrected chi connectivity index (χ3v) is 10.7. The van der Waals surface area contributed by atoms with Crippen LogP contribution in [0.1, 0.15) is 5.56 Å². The normalized spacial score (nSPS) is 13.4. The van der Waals surface area contributed by atoms with Crippen molar-refractivity contribution >= 4 is 95.1 Å². The van der Waals surface area contributed by atoms with E-state index >= 15 is 0 Å². The van der Waals surface area contributed by atoms with Crippen LogP contribution in [0.5, 0.6) is 0 Å². The minimum atomic E-state index is 0.0413. The Labute approximate surface area is 251 Å². The summed E-state index contributed by atoms with van der Waals surface area (Å²) in [5.74, 6) is 0. The van der Waals surface area contributed by atoms with Gasteiger partial charge in [-0.2, -0.15) is 0 Å². The molecule has 0 aliphatic carbocycles. The zero-order valence-corrected chi connectivity index (χ0v) is 24.4. The summed E-state index contributed by atoms with van der Waals surface area (Å²) in [7, 11) is 0. The van der Waals surface area contributed by atoms with Gasteiger partial charge in [0.1, 0.15) is 11.2 Å². The van der Waals surface area contributed by atoms with E-state index in [1.807, 2.05) is 0 Å². The Morgan fingerprint density at radius 3 is 2.42 bits per heavy atom. The summed E-state index contributed by atoms with van der Waals surface area (Å²) in [4.78, 5) is 1.29. The summed E-state index contributed by atoms with van der Waals surface area (Å²) in [5.41, 5.74) is 14.9. The lowest BCUT2D eigenvalue weighted by Gasteiger charge is -2.34. The molecule has 3 nitrogen and oxygen atoms in total. The Morgan fingerprint density at radius 2 is 1.51 bits per heavy atom. The van der Waals surface area contributed by atoms with Crippen molar-refractivity contribution in [2.45, 2.75) is 11.8 Å². The van der Waals surface area contributed by atoms with Gasteiger partial charge in [0.25, 0.3) is 0 Å². The highest BCUT2D eigenvalue weighted by molar-refractivity contribution is 7.98. The van der Waals surface area contributed by atoms with Crippen LogP contribution in [0.2, 0.25) is 0 Å². The maximum absolute atomic E-state index is 6.67. The number of para-hydroxylation sites is 3. The first-order valence-electron chi connectivity index (χ1n) is 14.8. The van der Waals surface area contributed by atoms with E-state index in [2.05, 4.69) is 125 Å². The van der Waals surface area contributed by atoms with Gasteiger partial charge in [0.05, 0.1) is 11.0 Å². The number of thioether (sulfide) groups is 1. The summed E-state index contributed by atoms with van der Waals surface area (Å²) in [6, 6.07) is 38.4. The van der Waals surface area contributed by atoms with E-state index in [4.69, 9.17) is 4.42 Å². The molecule has 43 heavy (non-hydrogen) atoms. The molecule has 0 radical (unpaired) electrons. The van der Waals surface area contributed by atoms with E-state index < -0.39 is 0 Å². The van der Waals surface area contributed by atoms with E-state index in [-0.39, 0.29) is 6.85 Å². The monoisotopic (exact) mass is 566 g/mol. The van der Waals surface area contributed by atoms with Crippen LogP contribution in [0.4, 0.5) is 0 Å². The van der Waals surface area contributed by atoms with Crippen molar-refractivity contribution in [3.63, 3.8) is 0 Å². The highest BCUT2D eigenvalue weighted by Crippen LogP contribution is 2.47. The Bertz CT molecular complexity index is 2740. The minimum Gasteiger partial charge on any atom is -0.456 e. The molecule has 0 saturated carbocycles. The number of nitrogens with zero attached hydrogens (tertiary/aromatic N) is 2. The fraction of sp³-hybridized carbons (Fsp3) is 0.0526. The molecule has 0 saturated heterocycles. The average Bonchev–Trinajstić information content (AvgIpc) is 3.69. The second kappa shape index (κ2) is 7.55. The Kier molecular flexibility index (Phi) is 3.99. The molecule has 0 N–H and O–H groups in total. The summed E-state index contributed by atoms with van der Waals surface area (Å²) in [6.07, 6.45) is 2.16. The molecule has 3 aromatic heterocycles. The van der Waals surface area contributed by atoms with Crippen LogP contribution in [0.25, 0.3) is 82.4 Å². The molecule has 0 atom stereocenters. The molecule has 0 amide bonds. The quantitative estimate of drug-likeness (QED) is 0.146. The fourth-order valence-corrected chi connectivity index (χ4v) is 8.91. The number of aromatic nitrogens is 2. The molecule has 5 heteroatoms. The Hall–Kier alpha value is -4.87. The largest absolute Gasteiger partial charge is 0.456 e. The van der Waals surface area contributed by atoms with Crippen molar-refractivity contribution in [2.24, 2.45) is 0 Å². The van der Waals surface area contributed by atoms with Gasteiger partial charge in [-0.05, 0) is 66.1 Å². The lowest BCUT2D eigenvalue weighted by Crippen LogP contribution is -2.55. The molecular weight excluding hydrogens is 543 g/mol. The molecule has 0 bridgehead atoms. The number of fused-ring (bicyclic) bond motifs is 14.